The van der Waals surface area contributed by atoms with E-state index in [0.717, 1.165) is 46.8 Å². The van der Waals surface area contributed by atoms with Crippen LogP contribution in [0.2, 0.25) is 0 Å². The Morgan fingerprint density at radius 1 is 1.00 bits per heavy atom. The highest BCUT2D eigenvalue weighted by Crippen LogP contribution is 2.39. The molecule has 0 amide bonds. The number of methoxy groups -OCH3 is 1. The molecule has 1 fully saturated rings. The highest BCUT2D eigenvalue weighted by molar-refractivity contribution is 5.75. The Morgan fingerprint density at radius 2 is 1.85 bits per heavy atom. The van der Waals surface area contributed by atoms with Crippen LogP contribution >= 0.6 is 0 Å². The molecule has 0 radical (unpaired) electrons. The molecular weight excluding hydrogens is 428 g/mol. The molecule has 0 unspecified atom stereocenters. The number of aromatic nitrogens is 3. The van der Waals surface area contributed by atoms with Gasteiger partial charge in [0.1, 0.15) is 0 Å². The Kier molecular flexibility index (Phi) is 6.33. The predicted octanol–water partition coefficient (Wildman–Crippen LogP) is 5.85. The number of aromatic hydroxyl groups is 1. The van der Waals surface area contributed by atoms with Crippen LogP contribution in [0.15, 0.2) is 73.2 Å². The van der Waals surface area contributed by atoms with E-state index >= 15 is 0 Å². The number of rotatable bonds is 8. The average molecular weight is 457 g/mol. The molecule has 174 valence electrons. The van der Waals surface area contributed by atoms with E-state index in [9.17, 15) is 5.11 Å². The highest BCUT2D eigenvalue weighted by Gasteiger charge is 2.20. The van der Waals surface area contributed by atoms with Gasteiger partial charge in [0.25, 0.3) is 0 Å². The topological polar surface area (TPSA) is 83.5 Å². The molecule has 1 aliphatic rings. The van der Waals surface area contributed by atoms with Crippen LogP contribution in [0.3, 0.4) is 0 Å². The maximum absolute atomic E-state index is 10.1. The van der Waals surface area contributed by atoms with Gasteiger partial charge >= 0.3 is 0 Å². The number of hydrogen-bond acceptors (Lipinski definition) is 6. The maximum atomic E-state index is 10.1. The summed E-state index contributed by atoms with van der Waals surface area (Å²) in [5.41, 5.74) is 4.55. The van der Waals surface area contributed by atoms with E-state index in [1.807, 2.05) is 42.6 Å². The molecule has 0 bridgehead atoms. The number of pyridine rings is 1. The summed E-state index contributed by atoms with van der Waals surface area (Å²) in [7, 11) is 1.67. The summed E-state index contributed by atoms with van der Waals surface area (Å²) in [4.78, 5) is 6.50. The summed E-state index contributed by atoms with van der Waals surface area (Å²) < 4.78 is 12.0. The molecular formula is C27H28N4O3. The first-order valence-electron chi connectivity index (χ1n) is 11.5. The highest BCUT2D eigenvalue weighted by atomic mass is 16.5. The van der Waals surface area contributed by atoms with Crippen LogP contribution in [-0.2, 0) is 6.54 Å². The minimum atomic E-state index is 0.0488. The van der Waals surface area contributed by atoms with E-state index in [1.54, 1.807) is 19.5 Å². The quantitative estimate of drug-likeness (QED) is 0.346. The lowest BCUT2D eigenvalue weighted by molar-refractivity contribution is 0.201. The third-order valence-corrected chi connectivity index (χ3v) is 6.21. The van der Waals surface area contributed by atoms with Gasteiger partial charge < -0.3 is 19.5 Å². The normalized spacial score (nSPS) is 13.7. The zero-order chi connectivity index (χ0) is 23.3. The molecule has 2 N–H and O–H groups in total. The van der Waals surface area contributed by atoms with Gasteiger partial charge in [-0.2, -0.15) is 5.10 Å². The molecule has 1 aliphatic carbocycles. The lowest BCUT2D eigenvalue weighted by Crippen LogP contribution is -2.17. The van der Waals surface area contributed by atoms with Gasteiger partial charge in [-0.25, -0.2) is 5.10 Å². The van der Waals surface area contributed by atoms with Crippen LogP contribution in [0, 0.1) is 0 Å². The van der Waals surface area contributed by atoms with Crippen molar-refractivity contribution >= 4 is 11.4 Å². The summed E-state index contributed by atoms with van der Waals surface area (Å²) in [6.45, 7) is 0.615. The number of nitrogens with one attached hydrogen (secondary N) is 1. The van der Waals surface area contributed by atoms with Crippen LogP contribution in [0.1, 0.15) is 31.2 Å². The molecule has 0 saturated heterocycles. The monoisotopic (exact) mass is 456 g/mol. The molecule has 34 heavy (non-hydrogen) atoms. The Balaban J connectivity index is 1.55. The molecule has 2 heterocycles. The first-order chi connectivity index (χ1) is 16.7. The third-order valence-electron chi connectivity index (χ3n) is 6.21. The molecule has 0 spiro atoms. The standard InChI is InChI=1S/C27H28N4O3/c1-33-25-12-11-22(15-26(25)34-23-9-2-3-10-23)31(18-19-6-5-13-28-16-19)21-8-4-7-20(14-21)24-17-29-30-27(24)32/h4-8,11-17,23H,2-3,9-10,18H2,1H3,(H2,29,30,32). The number of benzene rings is 2. The van der Waals surface area contributed by atoms with Gasteiger partial charge in [-0.1, -0.05) is 18.2 Å². The van der Waals surface area contributed by atoms with Gasteiger partial charge in [-0.3, -0.25) is 4.98 Å². The molecule has 0 aliphatic heterocycles. The van der Waals surface area contributed by atoms with Crippen LogP contribution in [0.4, 0.5) is 11.4 Å². The second-order valence-electron chi connectivity index (χ2n) is 8.49. The Bertz CT molecular complexity index is 1240. The van der Waals surface area contributed by atoms with Gasteiger partial charge in [-0.05, 0) is 67.1 Å². The Labute approximate surface area is 199 Å². The summed E-state index contributed by atoms with van der Waals surface area (Å²) in [5, 5.41) is 16.7. The average Bonchev–Trinajstić information content (AvgIpc) is 3.55. The lowest BCUT2D eigenvalue weighted by Gasteiger charge is -2.27. The first-order valence-corrected chi connectivity index (χ1v) is 11.5. The molecule has 2 aromatic heterocycles. The van der Waals surface area contributed by atoms with Crippen molar-refractivity contribution in [1.82, 2.24) is 15.2 Å². The molecule has 2 aromatic carbocycles. The van der Waals surface area contributed by atoms with Crippen molar-refractivity contribution < 1.29 is 14.6 Å². The zero-order valence-electron chi connectivity index (χ0n) is 19.1. The fourth-order valence-electron chi connectivity index (χ4n) is 4.45. The van der Waals surface area contributed by atoms with Crippen molar-refractivity contribution in [3.05, 3.63) is 78.8 Å². The van der Waals surface area contributed by atoms with Gasteiger partial charge in [0, 0.05) is 36.4 Å². The fraction of sp³-hybridized carbons (Fsp3) is 0.259. The molecule has 0 atom stereocenters. The summed E-state index contributed by atoms with van der Waals surface area (Å²) in [6.07, 6.45) is 10.0. The minimum Gasteiger partial charge on any atom is -0.493 e. The zero-order valence-corrected chi connectivity index (χ0v) is 19.1. The predicted molar refractivity (Wildman–Crippen MR) is 132 cm³/mol. The second-order valence-corrected chi connectivity index (χ2v) is 8.49. The SMILES string of the molecule is COc1ccc(N(Cc2cccnc2)c2cccc(-c3cn[nH]c3O)c2)cc1OC1CCCC1. The fourth-order valence-corrected chi connectivity index (χ4v) is 4.45. The minimum absolute atomic E-state index is 0.0488. The molecule has 1 saturated carbocycles. The van der Waals surface area contributed by atoms with Crippen LogP contribution in [0.5, 0.6) is 17.4 Å². The molecule has 5 rings (SSSR count). The van der Waals surface area contributed by atoms with E-state index < -0.39 is 0 Å². The second kappa shape index (κ2) is 9.87. The van der Waals surface area contributed by atoms with Crippen molar-refractivity contribution in [2.45, 2.75) is 38.3 Å². The lowest BCUT2D eigenvalue weighted by atomic mass is 10.1. The number of nitrogens with zero attached hydrogens (tertiary/aromatic N) is 3. The Morgan fingerprint density at radius 3 is 2.59 bits per heavy atom. The van der Waals surface area contributed by atoms with Crippen molar-refractivity contribution in [2.24, 2.45) is 0 Å². The summed E-state index contributed by atoms with van der Waals surface area (Å²) in [5.74, 6) is 1.54. The van der Waals surface area contributed by atoms with Gasteiger partial charge in [0.15, 0.2) is 11.5 Å². The summed E-state index contributed by atoms with van der Waals surface area (Å²) in [6, 6.07) is 18.1. The summed E-state index contributed by atoms with van der Waals surface area (Å²) >= 11 is 0. The van der Waals surface area contributed by atoms with E-state index in [2.05, 4.69) is 38.3 Å². The van der Waals surface area contributed by atoms with E-state index in [0.29, 0.717) is 12.1 Å². The van der Waals surface area contributed by atoms with E-state index in [4.69, 9.17) is 9.47 Å². The van der Waals surface area contributed by atoms with Crippen molar-refractivity contribution in [2.75, 3.05) is 12.0 Å². The van der Waals surface area contributed by atoms with E-state index in [1.165, 1.54) is 12.8 Å². The number of hydrogen-bond donors (Lipinski definition) is 2. The third kappa shape index (κ3) is 4.69. The van der Waals surface area contributed by atoms with Gasteiger partial charge in [0.2, 0.25) is 5.88 Å². The van der Waals surface area contributed by atoms with Gasteiger partial charge in [-0.15, -0.1) is 0 Å². The number of aromatic amines is 1. The van der Waals surface area contributed by atoms with Crippen molar-refractivity contribution in [3.63, 3.8) is 0 Å². The van der Waals surface area contributed by atoms with Crippen molar-refractivity contribution in [3.8, 4) is 28.5 Å². The number of ether oxygens (including phenoxy) is 2. The maximum Gasteiger partial charge on any atom is 0.214 e. The number of anilines is 2. The van der Waals surface area contributed by atoms with Crippen LogP contribution in [-0.4, -0.2) is 33.5 Å². The smallest absolute Gasteiger partial charge is 0.214 e. The number of H-pyrrole nitrogens is 1. The molecule has 7 nitrogen and oxygen atoms in total. The first kappa shape index (κ1) is 21.8. The van der Waals surface area contributed by atoms with Crippen molar-refractivity contribution in [1.29, 1.82) is 0 Å². The molecule has 4 aromatic rings. The Hall–Kier alpha value is -4.00. The largest absolute Gasteiger partial charge is 0.493 e. The van der Waals surface area contributed by atoms with Crippen LogP contribution in [0.25, 0.3) is 11.1 Å². The van der Waals surface area contributed by atoms with E-state index in [-0.39, 0.29) is 12.0 Å². The van der Waals surface area contributed by atoms with Crippen LogP contribution < -0.4 is 14.4 Å². The molecule has 7 heteroatoms. The van der Waals surface area contributed by atoms with Gasteiger partial charge in [0.05, 0.1) is 25.0 Å².